The minimum atomic E-state index is -0.493. The van der Waals surface area contributed by atoms with Crippen molar-refractivity contribution in [1.82, 2.24) is 14.9 Å². The van der Waals surface area contributed by atoms with Crippen molar-refractivity contribution in [2.45, 2.75) is 25.4 Å². The lowest BCUT2D eigenvalue weighted by Crippen LogP contribution is -2.53. The molecule has 0 saturated carbocycles. The molecule has 0 bridgehead atoms. The number of H-pyrrole nitrogens is 2. The second-order valence-electron chi connectivity index (χ2n) is 6.45. The van der Waals surface area contributed by atoms with Gasteiger partial charge in [-0.25, -0.2) is 4.79 Å². The van der Waals surface area contributed by atoms with Crippen molar-refractivity contribution in [2.75, 3.05) is 13.1 Å². The third kappa shape index (κ3) is 2.44. The number of aromatic amines is 2. The van der Waals surface area contributed by atoms with Crippen LogP contribution >= 0.6 is 0 Å². The van der Waals surface area contributed by atoms with E-state index in [1.54, 1.807) is 11.8 Å². The van der Waals surface area contributed by atoms with Gasteiger partial charge >= 0.3 is 5.69 Å². The molecule has 2 N–H and O–H groups in total. The Labute approximate surface area is 139 Å². The van der Waals surface area contributed by atoms with Crippen molar-refractivity contribution in [1.29, 1.82) is 0 Å². The number of aryl methyl sites for hydroxylation is 1. The zero-order valence-electron chi connectivity index (χ0n) is 13.5. The van der Waals surface area contributed by atoms with E-state index in [-0.39, 0.29) is 11.6 Å². The van der Waals surface area contributed by atoms with Crippen LogP contribution in [0.2, 0.25) is 0 Å². The summed E-state index contributed by atoms with van der Waals surface area (Å²) in [4.78, 5) is 31.1. The third-order valence-corrected chi connectivity index (χ3v) is 4.70. The number of hydrogen-bond donors (Lipinski definition) is 2. The summed E-state index contributed by atoms with van der Waals surface area (Å²) in [5, 5.41) is 0. The standard InChI is InChI=1S/C18H19N3O3/c1-12-15(20-17(23)19-12)16(22)21-10-4-8-18(11-21)9-7-13-5-2-3-6-14(13)24-18/h2-3,5-7,9H,4,8,10-11H2,1H3,(H2,19,20,23). The van der Waals surface area contributed by atoms with Crippen LogP contribution in [0.25, 0.3) is 6.08 Å². The van der Waals surface area contributed by atoms with E-state index in [9.17, 15) is 9.59 Å². The van der Waals surface area contributed by atoms with Gasteiger partial charge in [-0.3, -0.25) is 4.79 Å². The maximum Gasteiger partial charge on any atom is 0.323 e. The molecule has 2 aliphatic heterocycles. The number of fused-ring (bicyclic) bond motifs is 1. The van der Waals surface area contributed by atoms with E-state index in [1.165, 1.54) is 0 Å². The Morgan fingerprint density at radius 2 is 2.12 bits per heavy atom. The molecule has 1 aromatic heterocycles. The number of hydrogen-bond acceptors (Lipinski definition) is 3. The summed E-state index contributed by atoms with van der Waals surface area (Å²) in [6, 6.07) is 7.89. The molecule has 1 unspecified atom stereocenters. The molecule has 6 nitrogen and oxygen atoms in total. The maximum atomic E-state index is 12.8. The highest BCUT2D eigenvalue weighted by molar-refractivity contribution is 5.93. The Bertz CT molecular complexity index is 880. The molecule has 3 heterocycles. The molecular formula is C18H19N3O3. The number of carbonyl (C=O) groups is 1. The Morgan fingerprint density at radius 3 is 2.92 bits per heavy atom. The van der Waals surface area contributed by atoms with Gasteiger partial charge < -0.3 is 19.6 Å². The number of piperidine rings is 1. The van der Waals surface area contributed by atoms with Gasteiger partial charge in [-0.15, -0.1) is 0 Å². The van der Waals surface area contributed by atoms with Gasteiger partial charge in [0.2, 0.25) is 0 Å². The largest absolute Gasteiger partial charge is 0.481 e. The molecular weight excluding hydrogens is 306 g/mol. The first-order valence-corrected chi connectivity index (χ1v) is 8.12. The first-order chi connectivity index (χ1) is 11.6. The number of amides is 1. The van der Waals surface area contributed by atoms with E-state index >= 15 is 0 Å². The van der Waals surface area contributed by atoms with Crippen LogP contribution in [0, 0.1) is 6.92 Å². The lowest BCUT2D eigenvalue weighted by Gasteiger charge is -2.42. The lowest BCUT2D eigenvalue weighted by atomic mass is 9.89. The molecule has 1 spiro atoms. The molecule has 1 atom stereocenters. The van der Waals surface area contributed by atoms with Crippen LogP contribution in [-0.4, -0.2) is 39.5 Å². The van der Waals surface area contributed by atoms with Crippen LogP contribution in [0.3, 0.4) is 0 Å². The van der Waals surface area contributed by atoms with Crippen LogP contribution in [0.4, 0.5) is 0 Å². The van der Waals surface area contributed by atoms with E-state index < -0.39 is 5.60 Å². The predicted octanol–water partition coefficient (Wildman–Crippen LogP) is 2.09. The first-order valence-electron chi connectivity index (χ1n) is 8.12. The highest BCUT2D eigenvalue weighted by Crippen LogP contribution is 2.36. The lowest BCUT2D eigenvalue weighted by molar-refractivity contribution is 0.0232. The van der Waals surface area contributed by atoms with Crippen LogP contribution in [0.15, 0.2) is 35.1 Å². The number of para-hydroxylation sites is 1. The van der Waals surface area contributed by atoms with Crippen LogP contribution < -0.4 is 10.4 Å². The van der Waals surface area contributed by atoms with Gasteiger partial charge in [0, 0.05) is 17.8 Å². The quantitative estimate of drug-likeness (QED) is 0.843. The van der Waals surface area contributed by atoms with E-state index in [0.29, 0.717) is 24.5 Å². The molecule has 6 heteroatoms. The number of ether oxygens (including phenoxy) is 1. The molecule has 124 valence electrons. The number of imidazole rings is 1. The Morgan fingerprint density at radius 1 is 1.29 bits per heavy atom. The van der Waals surface area contributed by atoms with Crippen molar-refractivity contribution >= 4 is 12.0 Å². The zero-order valence-corrected chi connectivity index (χ0v) is 13.5. The molecule has 0 radical (unpaired) electrons. The SMILES string of the molecule is Cc1[nH]c(=O)[nH]c1C(=O)N1CCCC2(C=Cc3ccccc3O2)C1. The number of nitrogens with zero attached hydrogens (tertiary/aromatic N) is 1. The highest BCUT2D eigenvalue weighted by Gasteiger charge is 2.39. The van der Waals surface area contributed by atoms with E-state index in [0.717, 1.165) is 24.2 Å². The minimum Gasteiger partial charge on any atom is -0.481 e. The van der Waals surface area contributed by atoms with Crippen LogP contribution in [0.5, 0.6) is 5.75 Å². The van der Waals surface area contributed by atoms with Gasteiger partial charge in [-0.05, 0) is 31.9 Å². The maximum absolute atomic E-state index is 12.8. The Balaban J connectivity index is 1.60. The molecule has 1 fully saturated rings. The first kappa shape index (κ1) is 14.8. The summed E-state index contributed by atoms with van der Waals surface area (Å²) in [7, 11) is 0. The molecule has 4 rings (SSSR count). The number of nitrogens with one attached hydrogen (secondary N) is 2. The molecule has 2 aromatic rings. The van der Waals surface area contributed by atoms with Gasteiger partial charge in [0.05, 0.1) is 6.54 Å². The fourth-order valence-electron chi connectivity index (χ4n) is 3.49. The summed E-state index contributed by atoms with van der Waals surface area (Å²) in [5.41, 5.74) is 1.10. The van der Waals surface area contributed by atoms with E-state index in [2.05, 4.69) is 22.1 Å². The van der Waals surface area contributed by atoms with Gasteiger partial charge in [0.25, 0.3) is 5.91 Å². The Hall–Kier alpha value is -2.76. The molecule has 1 saturated heterocycles. The minimum absolute atomic E-state index is 0.166. The summed E-state index contributed by atoms with van der Waals surface area (Å²) in [5.74, 6) is 0.682. The fraction of sp³-hybridized carbons (Fsp3) is 0.333. The van der Waals surface area contributed by atoms with E-state index in [4.69, 9.17) is 4.74 Å². The molecule has 0 aliphatic carbocycles. The van der Waals surface area contributed by atoms with E-state index in [1.807, 2.05) is 24.3 Å². The summed E-state index contributed by atoms with van der Waals surface area (Å²) in [6.07, 6.45) is 5.84. The monoisotopic (exact) mass is 325 g/mol. The summed E-state index contributed by atoms with van der Waals surface area (Å²) >= 11 is 0. The average molecular weight is 325 g/mol. The number of aromatic nitrogens is 2. The van der Waals surface area contributed by atoms with Crippen LogP contribution in [-0.2, 0) is 0 Å². The third-order valence-electron chi connectivity index (χ3n) is 4.70. The predicted molar refractivity (Wildman–Crippen MR) is 90.1 cm³/mol. The molecule has 1 aromatic carbocycles. The van der Waals surface area contributed by atoms with Crippen molar-refractivity contribution in [2.24, 2.45) is 0 Å². The summed E-state index contributed by atoms with van der Waals surface area (Å²) in [6.45, 7) is 2.85. The van der Waals surface area contributed by atoms with Crippen molar-refractivity contribution in [3.63, 3.8) is 0 Å². The highest BCUT2D eigenvalue weighted by atomic mass is 16.5. The Kier molecular flexibility index (Phi) is 3.33. The number of likely N-dealkylation sites (tertiary alicyclic amines) is 1. The number of benzene rings is 1. The second kappa shape index (κ2) is 5.40. The van der Waals surface area contributed by atoms with Crippen molar-refractivity contribution in [3.8, 4) is 5.75 Å². The molecule has 1 amide bonds. The van der Waals surface area contributed by atoms with Crippen LogP contribution in [0.1, 0.15) is 34.6 Å². The van der Waals surface area contributed by atoms with Crippen molar-refractivity contribution in [3.05, 3.63) is 57.8 Å². The second-order valence-corrected chi connectivity index (χ2v) is 6.45. The summed E-state index contributed by atoms with van der Waals surface area (Å²) < 4.78 is 6.25. The van der Waals surface area contributed by atoms with Gasteiger partial charge in [0.15, 0.2) is 0 Å². The smallest absolute Gasteiger partial charge is 0.323 e. The number of carbonyl (C=O) groups excluding carboxylic acids is 1. The average Bonchev–Trinajstić information content (AvgIpc) is 2.92. The van der Waals surface area contributed by atoms with Gasteiger partial charge in [0.1, 0.15) is 17.0 Å². The normalized spacial score (nSPS) is 22.3. The molecule has 24 heavy (non-hydrogen) atoms. The fourth-order valence-corrected chi connectivity index (χ4v) is 3.49. The number of rotatable bonds is 1. The van der Waals surface area contributed by atoms with Crippen molar-refractivity contribution < 1.29 is 9.53 Å². The van der Waals surface area contributed by atoms with Gasteiger partial charge in [-0.2, -0.15) is 0 Å². The van der Waals surface area contributed by atoms with Gasteiger partial charge in [-0.1, -0.05) is 24.3 Å². The topological polar surface area (TPSA) is 78.2 Å². The zero-order chi connectivity index (χ0) is 16.7. The molecule has 2 aliphatic rings.